The van der Waals surface area contributed by atoms with Gasteiger partial charge in [0.25, 0.3) is 0 Å². The van der Waals surface area contributed by atoms with Crippen molar-refractivity contribution in [1.29, 1.82) is 0 Å². The lowest BCUT2D eigenvalue weighted by atomic mass is 10.2. The number of benzene rings is 1. The summed E-state index contributed by atoms with van der Waals surface area (Å²) in [5.74, 6) is 1.40. The van der Waals surface area contributed by atoms with Crippen molar-refractivity contribution in [2.24, 2.45) is 0 Å². The van der Waals surface area contributed by atoms with Crippen LogP contribution in [0.2, 0.25) is 10.0 Å². The Morgan fingerprint density at radius 2 is 2.00 bits per heavy atom. The molecule has 19 heavy (non-hydrogen) atoms. The number of halogens is 3. The molecule has 0 aliphatic carbocycles. The summed E-state index contributed by atoms with van der Waals surface area (Å²) in [4.78, 5) is 9.07. The van der Waals surface area contributed by atoms with Crippen LogP contribution in [0, 0.1) is 3.57 Å². The highest BCUT2D eigenvalue weighted by molar-refractivity contribution is 14.1. The second kappa shape index (κ2) is 6.24. The Labute approximate surface area is 135 Å². The molecule has 0 saturated carbocycles. The SMILES string of the molecule is CCc1nc(-c2cc(Cl)ccc2Cl)nc(NC)c1I. The van der Waals surface area contributed by atoms with E-state index < -0.39 is 0 Å². The van der Waals surface area contributed by atoms with Gasteiger partial charge in [-0.1, -0.05) is 30.1 Å². The van der Waals surface area contributed by atoms with E-state index in [1.807, 2.05) is 7.05 Å². The van der Waals surface area contributed by atoms with Crippen molar-refractivity contribution in [2.75, 3.05) is 12.4 Å². The number of aromatic nitrogens is 2. The molecule has 2 aromatic rings. The van der Waals surface area contributed by atoms with Crippen LogP contribution < -0.4 is 5.32 Å². The zero-order chi connectivity index (χ0) is 14.0. The molecular formula is C13H12Cl2IN3. The predicted molar refractivity (Wildman–Crippen MR) is 89.1 cm³/mol. The van der Waals surface area contributed by atoms with Gasteiger partial charge in [-0.05, 0) is 47.2 Å². The molecule has 6 heteroatoms. The van der Waals surface area contributed by atoms with Gasteiger partial charge in [0.05, 0.1) is 14.3 Å². The molecule has 0 aliphatic rings. The van der Waals surface area contributed by atoms with E-state index in [-0.39, 0.29) is 0 Å². The van der Waals surface area contributed by atoms with Crippen molar-refractivity contribution < 1.29 is 0 Å². The Balaban J connectivity index is 2.65. The maximum absolute atomic E-state index is 6.20. The largest absolute Gasteiger partial charge is 0.372 e. The predicted octanol–water partition coefficient (Wildman–Crippen LogP) is 4.66. The van der Waals surface area contributed by atoms with E-state index in [2.05, 4.69) is 44.8 Å². The van der Waals surface area contributed by atoms with Gasteiger partial charge in [-0.25, -0.2) is 9.97 Å². The summed E-state index contributed by atoms with van der Waals surface area (Å²) >= 11 is 14.5. The van der Waals surface area contributed by atoms with Crippen molar-refractivity contribution in [3.8, 4) is 11.4 Å². The minimum Gasteiger partial charge on any atom is -0.372 e. The van der Waals surface area contributed by atoms with Crippen LogP contribution in [0.3, 0.4) is 0 Å². The third-order valence-corrected chi connectivity index (χ3v) is 4.36. The van der Waals surface area contributed by atoms with Crippen molar-refractivity contribution in [1.82, 2.24) is 9.97 Å². The third kappa shape index (κ3) is 3.12. The van der Waals surface area contributed by atoms with Crippen LogP contribution in [-0.2, 0) is 6.42 Å². The fraction of sp³-hybridized carbons (Fsp3) is 0.231. The molecule has 100 valence electrons. The molecule has 0 aliphatic heterocycles. The fourth-order valence-electron chi connectivity index (χ4n) is 1.68. The number of anilines is 1. The lowest BCUT2D eigenvalue weighted by molar-refractivity contribution is 0.990. The number of nitrogens with zero attached hydrogens (tertiary/aromatic N) is 2. The van der Waals surface area contributed by atoms with Gasteiger partial charge in [0.2, 0.25) is 0 Å². The van der Waals surface area contributed by atoms with Gasteiger partial charge in [0, 0.05) is 17.6 Å². The van der Waals surface area contributed by atoms with Crippen molar-refractivity contribution >= 4 is 51.6 Å². The monoisotopic (exact) mass is 407 g/mol. The van der Waals surface area contributed by atoms with Gasteiger partial charge in [0.1, 0.15) is 5.82 Å². The number of hydrogen-bond acceptors (Lipinski definition) is 3. The standard InChI is InChI=1S/C13H12Cl2IN3/c1-3-10-11(16)13(17-2)19-12(18-10)8-6-7(14)4-5-9(8)15/h4-6H,3H2,1-2H3,(H,17,18,19). The maximum Gasteiger partial charge on any atom is 0.163 e. The number of rotatable bonds is 3. The minimum absolute atomic E-state index is 0.592. The molecular weight excluding hydrogens is 396 g/mol. The Hall–Kier alpha value is -0.590. The fourth-order valence-corrected chi connectivity index (χ4v) is 2.95. The highest BCUT2D eigenvalue weighted by atomic mass is 127. The molecule has 0 unspecified atom stereocenters. The summed E-state index contributed by atoms with van der Waals surface area (Å²) in [5.41, 5.74) is 1.74. The normalized spacial score (nSPS) is 10.6. The molecule has 0 radical (unpaired) electrons. The average molecular weight is 408 g/mol. The van der Waals surface area contributed by atoms with E-state index in [4.69, 9.17) is 23.2 Å². The summed E-state index contributed by atoms with van der Waals surface area (Å²) in [6, 6.07) is 5.29. The van der Waals surface area contributed by atoms with Crippen LogP contribution in [0.1, 0.15) is 12.6 Å². The lowest BCUT2D eigenvalue weighted by Gasteiger charge is -2.11. The summed E-state index contributed by atoms with van der Waals surface area (Å²) < 4.78 is 1.03. The Kier molecular flexibility index (Phi) is 4.86. The van der Waals surface area contributed by atoms with Crippen molar-refractivity contribution in [3.05, 3.63) is 37.5 Å². The van der Waals surface area contributed by atoms with E-state index in [0.717, 1.165) is 27.1 Å². The molecule has 1 heterocycles. The Morgan fingerprint density at radius 1 is 1.26 bits per heavy atom. The molecule has 3 nitrogen and oxygen atoms in total. The topological polar surface area (TPSA) is 37.8 Å². The average Bonchev–Trinajstić information content (AvgIpc) is 2.42. The molecule has 2 rings (SSSR count). The second-order valence-electron chi connectivity index (χ2n) is 3.88. The van der Waals surface area contributed by atoms with Crippen LogP contribution in [0.4, 0.5) is 5.82 Å². The van der Waals surface area contributed by atoms with Crippen molar-refractivity contribution in [2.45, 2.75) is 13.3 Å². The van der Waals surface area contributed by atoms with E-state index in [9.17, 15) is 0 Å². The molecule has 0 spiro atoms. The molecule has 0 bridgehead atoms. The zero-order valence-electron chi connectivity index (χ0n) is 10.5. The van der Waals surface area contributed by atoms with Crippen LogP contribution in [0.15, 0.2) is 18.2 Å². The zero-order valence-corrected chi connectivity index (χ0v) is 14.1. The van der Waals surface area contributed by atoms with Crippen LogP contribution in [-0.4, -0.2) is 17.0 Å². The van der Waals surface area contributed by atoms with Gasteiger partial charge in [-0.2, -0.15) is 0 Å². The molecule has 0 atom stereocenters. The first-order valence-electron chi connectivity index (χ1n) is 5.76. The summed E-state index contributed by atoms with van der Waals surface area (Å²) in [6.45, 7) is 2.06. The van der Waals surface area contributed by atoms with E-state index >= 15 is 0 Å². The first-order chi connectivity index (χ1) is 9.06. The van der Waals surface area contributed by atoms with E-state index in [1.165, 1.54) is 0 Å². The summed E-state index contributed by atoms with van der Waals surface area (Å²) in [5, 5.41) is 4.29. The first kappa shape index (κ1) is 14.8. The molecule has 0 saturated heterocycles. The van der Waals surface area contributed by atoms with Gasteiger partial charge in [-0.15, -0.1) is 0 Å². The molecule has 1 aromatic carbocycles. The Bertz CT molecular complexity index is 592. The van der Waals surface area contributed by atoms with Gasteiger partial charge in [0.15, 0.2) is 5.82 Å². The smallest absolute Gasteiger partial charge is 0.163 e. The number of nitrogens with one attached hydrogen (secondary N) is 1. The van der Waals surface area contributed by atoms with Gasteiger partial charge >= 0.3 is 0 Å². The second-order valence-corrected chi connectivity index (χ2v) is 5.81. The molecule has 1 N–H and O–H groups in total. The number of hydrogen-bond donors (Lipinski definition) is 1. The van der Waals surface area contributed by atoms with Crippen LogP contribution in [0.25, 0.3) is 11.4 Å². The van der Waals surface area contributed by atoms with E-state index in [1.54, 1.807) is 18.2 Å². The maximum atomic E-state index is 6.20. The first-order valence-corrected chi connectivity index (χ1v) is 7.59. The molecule has 1 aromatic heterocycles. The van der Waals surface area contributed by atoms with Crippen LogP contribution >= 0.6 is 45.8 Å². The minimum atomic E-state index is 0.592. The van der Waals surface area contributed by atoms with Gasteiger partial charge < -0.3 is 5.32 Å². The van der Waals surface area contributed by atoms with Gasteiger partial charge in [-0.3, -0.25) is 0 Å². The Morgan fingerprint density at radius 3 is 2.63 bits per heavy atom. The summed E-state index contributed by atoms with van der Waals surface area (Å²) in [6.07, 6.45) is 0.834. The quantitative estimate of drug-likeness (QED) is 0.752. The molecule has 0 fully saturated rings. The molecule has 0 amide bonds. The van der Waals surface area contributed by atoms with E-state index in [0.29, 0.717) is 15.9 Å². The summed E-state index contributed by atoms with van der Waals surface area (Å²) in [7, 11) is 1.84. The highest BCUT2D eigenvalue weighted by Crippen LogP contribution is 2.30. The number of aryl methyl sites for hydroxylation is 1. The highest BCUT2D eigenvalue weighted by Gasteiger charge is 2.13. The van der Waals surface area contributed by atoms with Crippen LogP contribution in [0.5, 0.6) is 0 Å². The lowest BCUT2D eigenvalue weighted by Crippen LogP contribution is -2.05. The van der Waals surface area contributed by atoms with Crippen molar-refractivity contribution in [3.63, 3.8) is 0 Å². The third-order valence-electron chi connectivity index (χ3n) is 2.66.